The standard InChI is InChI=1S/C20H31N5O/c1-4-5-16-18-14(9-17(26)22-20(18)25-23-16)15-10-21-24-19(15)13-8-11(2)6-7-12(13)3/h6-8,14-16,18-21,23-25H,4-5,9-10H2,1-3H3,(H,22,26). The van der Waals surface area contributed by atoms with Crippen LogP contribution in [0.2, 0.25) is 0 Å². The molecule has 3 fully saturated rings. The fourth-order valence-corrected chi connectivity index (χ4v) is 5.21. The second-order valence-electron chi connectivity index (χ2n) is 8.20. The quantitative estimate of drug-likeness (QED) is 0.563. The average Bonchev–Trinajstić information content (AvgIpc) is 3.24. The summed E-state index contributed by atoms with van der Waals surface area (Å²) in [5, 5.41) is 3.14. The van der Waals surface area contributed by atoms with Gasteiger partial charge in [-0.3, -0.25) is 15.6 Å². The predicted octanol–water partition coefficient (Wildman–Crippen LogP) is 1.42. The molecule has 6 unspecified atom stereocenters. The molecule has 1 aromatic rings. The molecule has 3 aliphatic heterocycles. The van der Waals surface area contributed by atoms with Crippen molar-refractivity contribution in [2.45, 2.75) is 58.3 Å². The average molecular weight is 358 g/mol. The van der Waals surface area contributed by atoms with Crippen molar-refractivity contribution in [2.24, 2.45) is 17.8 Å². The highest BCUT2D eigenvalue weighted by Gasteiger charge is 2.50. The molecule has 5 N–H and O–H groups in total. The van der Waals surface area contributed by atoms with Crippen LogP contribution in [0.3, 0.4) is 0 Å². The van der Waals surface area contributed by atoms with Crippen LogP contribution in [-0.4, -0.2) is 24.7 Å². The zero-order valence-corrected chi connectivity index (χ0v) is 15.9. The van der Waals surface area contributed by atoms with Gasteiger partial charge in [-0.15, -0.1) is 0 Å². The Morgan fingerprint density at radius 1 is 1.12 bits per heavy atom. The van der Waals surface area contributed by atoms with E-state index in [-0.39, 0.29) is 18.1 Å². The van der Waals surface area contributed by atoms with Crippen molar-refractivity contribution in [1.82, 2.24) is 27.0 Å². The van der Waals surface area contributed by atoms with E-state index in [0.29, 0.717) is 30.2 Å². The highest BCUT2D eigenvalue weighted by atomic mass is 16.2. The van der Waals surface area contributed by atoms with Crippen LogP contribution in [0.25, 0.3) is 0 Å². The molecular weight excluding hydrogens is 326 g/mol. The molecule has 4 rings (SSSR count). The number of amides is 1. The monoisotopic (exact) mass is 357 g/mol. The molecule has 6 nitrogen and oxygen atoms in total. The van der Waals surface area contributed by atoms with Gasteiger partial charge >= 0.3 is 0 Å². The summed E-state index contributed by atoms with van der Waals surface area (Å²) in [7, 11) is 0. The third kappa shape index (κ3) is 3.16. The van der Waals surface area contributed by atoms with Gasteiger partial charge in [-0.05, 0) is 43.2 Å². The van der Waals surface area contributed by atoms with E-state index in [0.717, 1.165) is 19.4 Å². The van der Waals surface area contributed by atoms with Crippen LogP contribution >= 0.6 is 0 Å². The fraction of sp³-hybridized carbons (Fsp3) is 0.650. The fourth-order valence-electron chi connectivity index (χ4n) is 5.21. The summed E-state index contributed by atoms with van der Waals surface area (Å²) >= 11 is 0. The molecule has 6 atom stereocenters. The topological polar surface area (TPSA) is 77.2 Å². The summed E-state index contributed by atoms with van der Waals surface area (Å²) < 4.78 is 0. The summed E-state index contributed by atoms with van der Waals surface area (Å²) in [6.45, 7) is 7.45. The minimum atomic E-state index is 0.0395. The molecule has 0 saturated carbocycles. The first-order chi connectivity index (χ1) is 12.6. The number of hydrogen-bond acceptors (Lipinski definition) is 5. The second kappa shape index (κ2) is 7.27. The number of piperidine rings is 1. The van der Waals surface area contributed by atoms with Crippen LogP contribution in [0, 0.1) is 31.6 Å². The van der Waals surface area contributed by atoms with Crippen molar-refractivity contribution >= 4 is 5.91 Å². The normalized spacial score (nSPS) is 36.8. The van der Waals surface area contributed by atoms with Crippen molar-refractivity contribution in [3.05, 3.63) is 34.9 Å². The Labute approximate surface area is 155 Å². The van der Waals surface area contributed by atoms with Gasteiger partial charge in [0, 0.05) is 24.9 Å². The van der Waals surface area contributed by atoms with Gasteiger partial charge in [0.1, 0.15) is 0 Å². The van der Waals surface area contributed by atoms with Crippen LogP contribution in [0.5, 0.6) is 0 Å². The van der Waals surface area contributed by atoms with E-state index < -0.39 is 0 Å². The van der Waals surface area contributed by atoms with Crippen molar-refractivity contribution in [1.29, 1.82) is 0 Å². The third-order valence-corrected chi connectivity index (χ3v) is 6.45. The molecule has 0 aromatic heterocycles. The van der Waals surface area contributed by atoms with Crippen LogP contribution in [0.15, 0.2) is 18.2 Å². The molecule has 0 bridgehead atoms. The zero-order valence-electron chi connectivity index (χ0n) is 15.9. The van der Waals surface area contributed by atoms with Crippen molar-refractivity contribution in [3.8, 4) is 0 Å². The third-order valence-electron chi connectivity index (χ3n) is 6.45. The number of carbonyl (C=O) groups is 1. The minimum absolute atomic E-state index is 0.0395. The molecule has 142 valence electrons. The molecule has 3 saturated heterocycles. The smallest absolute Gasteiger partial charge is 0.221 e. The molecule has 26 heavy (non-hydrogen) atoms. The SMILES string of the molecule is CCCC1NNC2NC(=O)CC(C3CNNC3c3cc(C)ccc3C)C12. The Morgan fingerprint density at radius 2 is 1.96 bits per heavy atom. The van der Waals surface area contributed by atoms with Crippen LogP contribution in [0.4, 0.5) is 0 Å². The molecule has 3 heterocycles. The van der Waals surface area contributed by atoms with E-state index in [1.807, 2.05) is 0 Å². The molecule has 0 spiro atoms. The molecule has 0 aliphatic carbocycles. The van der Waals surface area contributed by atoms with E-state index in [1.54, 1.807) is 0 Å². The van der Waals surface area contributed by atoms with Gasteiger partial charge in [0.15, 0.2) is 0 Å². The summed E-state index contributed by atoms with van der Waals surface area (Å²) in [6.07, 6.45) is 2.92. The minimum Gasteiger partial charge on any atom is -0.339 e. The van der Waals surface area contributed by atoms with Gasteiger partial charge < -0.3 is 5.32 Å². The molecule has 1 amide bonds. The summed E-state index contributed by atoms with van der Waals surface area (Å²) in [5.74, 6) is 1.33. The zero-order chi connectivity index (χ0) is 18.3. The van der Waals surface area contributed by atoms with Crippen molar-refractivity contribution in [2.75, 3.05) is 6.54 Å². The van der Waals surface area contributed by atoms with Crippen LogP contribution in [-0.2, 0) is 4.79 Å². The number of nitrogens with one attached hydrogen (secondary N) is 5. The van der Waals surface area contributed by atoms with E-state index >= 15 is 0 Å². The first-order valence-corrected chi connectivity index (χ1v) is 9.94. The maximum atomic E-state index is 12.4. The first kappa shape index (κ1) is 17.9. The van der Waals surface area contributed by atoms with E-state index in [4.69, 9.17) is 0 Å². The van der Waals surface area contributed by atoms with Crippen molar-refractivity contribution in [3.63, 3.8) is 0 Å². The van der Waals surface area contributed by atoms with Gasteiger partial charge in [-0.2, -0.15) is 0 Å². The number of carbonyl (C=O) groups excluding carboxylic acids is 1. The van der Waals surface area contributed by atoms with Gasteiger partial charge in [0.25, 0.3) is 0 Å². The lowest BCUT2D eigenvalue weighted by atomic mass is 9.69. The number of aryl methyl sites for hydroxylation is 2. The molecule has 6 heteroatoms. The number of hydrazine groups is 2. The molecule has 1 aromatic carbocycles. The van der Waals surface area contributed by atoms with Gasteiger partial charge in [0.2, 0.25) is 5.91 Å². The van der Waals surface area contributed by atoms with E-state index in [1.165, 1.54) is 16.7 Å². The number of rotatable bonds is 4. The maximum absolute atomic E-state index is 12.4. The molecule has 0 radical (unpaired) electrons. The highest BCUT2D eigenvalue weighted by Crippen LogP contribution is 2.42. The Bertz CT molecular complexity index is 678. The Balaban J connectivity index is 1.65. The largest absolute Gasteiger partial charge is 0.339 e. The van der Waals surface area contributed by atoms with Gasteiger partial charge in [-0.1, -0.05) is 37.1 Å². The van der Waals surface area contributed by atoms with Gasteiger partial charge in [-0.25, -0.2) is 10.9 Å². The maximum Gasteiger partial charge on any atom is 0.221 e. The van der Waals surface area contributed by atoms with Crippen LogP contribution in [0.1, 0.15) is 48.9 Å². The first-order valence-electron chi connectivity index (χ1n) is 9.94. The van der Waals surface area contributed by atoms with Crippen LogP contribution < -0.4 is 27.0 Å². The molecule has 3 aliphatic rings. The summed E-state index contributed by atoms with van der Waals surface area (Å²) in [6, 6.07) is 7.32. The van der Waals surface area contributed by atoms with Crippen molar-refractivity contribution < 1.29 is 4.79 Å². The predicted molar refractivity (Wildman–Crippen MR) is 102 cm³/mol. The Morgan fingerprint density at radius 3 is 2.77 bits per heavy atom. The number of benzene rings is 1. The summed E-state index contributed by atoms with van der Waals surface area (Å²) in [5.41, 5.74) is 17.6. The summed E-state index contributed by atoms with van der Waals surface area (Å²) in [4.78, 5) is 12.4. The van der Waals surface area contributed by atoms with E-state index in [2.05, 4.69) is 66.0 Å². The lowest BCUT2D eigenvalue weighted by Gasteiger charge is -2.40. The highest BCUT2D eigenvalue weighted by molar-refractivity contribution is 5.77. The Kier molecular flexibility index (Phi) is 5.01. The van der Waals surface area contributed by atoms with E-state index in [9.17, 15) is 4.79 Å². The Hall–Kier alpha value is -1.47. The lowest BCUT2D eigenvalue weighted by molar-refractivity contribution is -0.127. The number of fused-ring (bicyclic) bond motifs is 1. The molecular formula is C20H31N5O. The number of hydrogen-bond donors (Lipinski definition) is 5. The van der Waals surface area contributed by atoms with Gasteiger partial charge in [0.05, 0.1) is 12.2 Å². The second-order valence-corrected chi connectivity index (χ2v) is 8.20. The lowest BCUT2D eigenvalue weighted by Crippen LogP contribution is -2.55.